The predicted molar refractivity (Wildman–Crippen MR) is 126 cm³/mol. The van der Waals surface area contributed by atoms with Crippen molar-refractivity contribution in [3.8, 4) is 0 Å². The van der Waals surface area contributed by atoms with Gasteiger partial charge in [-0.3, -0.25) is 20.2 Å². The highest BCUT2D eigenvalue weighted by Crippen LogP contribution is 2.49. The molecule has 32 heavy (non-hydrogen) atoms. The van der Waals surface area contributed by atoms with Gasteiger partial charge in [0.05, 0.1) is 0 Å². The number of hydrogen-bond acceptors (Lipinski definition) is 6. The molecule has 4 aliphatic heterocycles. The van der Waals surface area contributed by atoms with Crippen molar-refractivity contribution in [2.45, 2.75) is 127 Å². The summed E-state index contributed by atoms with van der Waals surface area (Å²) in [6, 6.07) is 1.47. The molecule has 6 rings (SSSR count). The van der Waals surface area contributed by atoms with Gasteiger partial charge in [-0.1, -0.05) is 59.5 Å². The van der Waals surface area contributed by atoms with Crippen LogP contribution in [0.1, 0.15) is 72.1 Å². The van der Waals surface area contributed by atoms with Gasteiger partial charge in [0.2, 0.25) is 0 Å². The third kappa shape index (κ3) is 2.60. The molecule has 8 heteroatoms. The first-order valence-corrected chi connectivity index (χ1v) is 15.8. The minimum Gasteiger partial charge on any atom is -0.342 e. The number of fused-ring (bicyclic) bond motifs is 9. The summed E-state index contributed by atoms with van der Waals surface area (Å²) in [5, 5.41) is 7.77. The second-order valence-electron chi connectivity index (χ2n) is 12.4. The van der Waals surface area contributed by atoms with Gasteiger partial charge >= 0.3 is 0 Å². The number of nitrogens with one attached hydrogen (secondary N) is 2. The van der Waals surface area contributed by atoms with Crippen LogP contribution >= 0.6 is 0 Å². The monoisotopic (exact) mass is 457 g/mol. The third-order valence-electron chi connectivity index (χ3n) is 9.79. The van der Waals surface area contributed by atoms with Gasteiger partial charge in [-0.05, 0) is 30.7 Å². The first kappa shape index (κ1) is 21.2. The lowest BCUT2D eigenvalue weighted by Gasteiger charge is -2.45. The minimum absolute atomic E-state index is 0.0210. The molecule has 0 radical (unpaired) electrons. The maximum absolute atomic E-state index is 14.2. The van der Waals surface area contributed by atoms with E-state index in [0.717, 1.165) is 37.1 Å². The predicted octanol–water partition coefficient (Wildman–Crippen LogP) is 2.67. The molecule has 0 aromatic heterocycles. The van der Waals surface area contributed by atoms with E-state index < -0.39 is 8.24 Å². The largest absolute Gasteiger partial charge is 0.342 e. The molecule has 0 bridgehead atoms. The van der Waals surface area contributed by atoms with Crippen molar-refractivity contribution in [1.29, 1.82) is 0 Å². The maximum Gasteiger partial charge on any atom is 0.271 e. The number of rotatable bonds is 1. The average Bonchev–Trinajstić information content (AvgIpc) is 3.37. The van der Waals surface area contributed by atoms with Crippen LogP contribution in [-0.2, 0) is 9.59 Å². The van der Waals surface area contributed by atoms with Crippen LogP contribution in [0.15, 0.2) is 11.4 Å². The summed E-state index contributed by atoms with van der Waals surface area (Å²) in [7, 11) is -2.36. The fourth-order valence-electron chi connectivity index (χ4n) is 7.20. The van der Waals surface area contributed by atoms with Crippen molar-refractivity contribution in [3.63, 3.8) is 0 Å². The van der Waals surface area contributed by atoms with Crippen LogP contribution in [-0.4, -0.2) is 70.9 Å². The van der Waals surface area contributed by atoms with Crippen molar-refractivity contribution in [2.24, 2.45) is 0 Å². The molecular formula is C24H39N5O2Si. The van der Waals surface area contributed by atoms with Crippen LogP contribution in [0.3, 0.4) is 0 Å². The molecular weight excluding hydrogens is 418 g/mol. The second-order valence-corrected chi connectivity index (χ2v) is 17.5. The van der Waals surface area contributed by atoms with E-state index >= 15 is 0 Å². The molecule has 0 aromatic rings. The summed E-state index contributed by atoms with van der Waals surface area (Å²) in [5.74, 6) is -0.0420. The Morgan fingerprint density at radius 2 is 1.16 bits per heavy atom. The smallest absolute Gasteiger partial charge is 0.271 e. The van der Waals surface area contributed by atoms with Crippen LogP contribution in [0.4, 0.5) is 0 Å². The summed E-state index contributed by atoms with van der Waals surface area (Å²) in [6.45, 7) is 10.9. The van der Waals surface area contributed by atoms with Gasteiger partial charge < -0.3 is 14.4 Å². The molecule has 2 N–H and O–H groups in total. The van der Waals surface area contributed by atoms with Gasteiger partial charge in [0.15, 0.2) is 8.24 Å². The van der Waals surface area contributed by atoms with E-state index in [1.807, 2.05) is 0 Å². The number of hydrogen-bond donors (Lipinski definition) is 2. The summed E-state index contributed by atoms with van der Waals surface area (Å²) in [4.78, 5) is 33.1. The SMILES string of the molecule is CC(C)(C)[Si](C)(C)N1C(=O)C2=C(C1=O)N1C3CCCCC3NC1C1NC3CCCCC3N21. The molecule has 6 atom stereocenters. The molecule has 176 valence electrons. The van der Waals surface area contributed by atoms with Crippen LogP contribution < -0.4 is 10.6 Å². The van der Waals surface area contributed by atoms with E-state index in [1.54, 1.807) is 4.57 Å². The Labute approximate surface area is 193 Å². The number of nitrogens with zero attached hydrogens (tertiary/aromatic N) is 3. The minimum atomic E-state index is -2.36. The normalized spacial score (nSPS) is 39.2. The lowest BCUT2D eigenvalue weighted by atomic mass is 9.90. The maximum atomic E-state index is 14.2. The van der Waals surface area contributed by atoms with Crippen molar-refractivity contribution < 1.29 is 9.59 Å². The second kappa shape index (κ2) is 6.82. The Morgan fingerprint density at radius 3 is 1.56 bits per heavy atom. The Balaban J connectivity index is 1.49. The first-order valence-electron chi connectivity index (χ1n) is 12.8. The van der Waals surface area contributed by atoms with Crippen molar-refractivity contribution >= 4 is 20.0 Å². The molecule has 2 aliphatic carbocycles. The van der Waals surface area contributed by atoms with Crippen LogP contribution in [0.2, 0.25) is 18.1 Å². The average molecular weight is 458 g/mol. The van der Waals surface area contributed by atoms with Gasteiger partial charge in [-0.25, -0.2) is 0 Å². The molecule has 0 aromatic carbocycles. The van der Waals surface area contributed by atoms with Crippen molar-refractivity contribution in [1.82, 2.24) is 25.0 Å². The Kier molecular flexibility index (Phi) is 4.51. The number of carbonyl (C=O) groups is 2. The van der Waals surface area contributed by atoms with E-state index in [-0.39, 0.29) is 29.2 Å². The molecule has 2 saturated carbocycles. The molecule has 6 aliphatic rings. The molecule has 0 spiro atoms. The van der Waals surface area contributed by atoms with Crippen LogP contribution in [0.5, 0.6) is 0 Å². The zero-order valence-electron chi connectivity index (χ0n) is 20.3. The van der Waals surface area contributed by atoms with Gasteiger partial charge in [-0.2, -0.15) is 0 Å². The fourth-order valence-corrected chi connectivity index (χ4v) is 9.10. The van der Waals surface area contributed by atoms with Crippen LogP contribution in [0, 0.1) is 0 Å². The van der Waals surface area contributed by atoms with Gasteiger partial charge in [0.25, 0.3) is 11.8 Å². The lowest BCUT2D eigenvalue weighted by molar-refractivity contribution is -0.133. The summed E-state index contributed by atoms with van der Waals surface area (Å²) < 4.78 is 1.74. The van der Waals surface area contributed by atoms with E-state index in [0.29, 0.717) is 24.2 Å². The fraction of sp³-hybridized carbons (Fsp3) is 0.833. The third-order valence-corrected chi connectivity index (χ3v) is 15.0. The highest BCUT2D eigenvalue weighted by atomic mass is 28.3. The Morgan fingerprint density at radius 1 is 0.750 bits per heavy atom. The number of imide groups is 1. The standard InChI is InChI=1S/C24H39N5O2Si/c1-24(2,3)32(4,5)29-22(30)18-19(23(29)31)28-17-13-9-7-11-15(17)26-21(28)20-25-14-10-6-8-12-16(14)27(18)20/h14-17,20-21,25-26H,6-13H2,1-5H3. The van der Waals surface area contributed by atoms with E-state index in [2.05, 4.69) is 54.3 Å². The summed E-state index contributed by atoms with van der Waals surface area (Å²) in [5.41, 5.74) is 1.44. The Bertz CT molecular complexity index is 837. The molecule has 6 unspecified atom stereocenters. The van der Waals surface area contributed by atoms with Crippen LogP contribution in [0.25, 0.3) is 0 Å². The molecule has 2 amide bonds. The van der Waals surface area contributed by atoms with E-state index in [9.17, 15) is 9.59 Å². The van der Waals surface area contributed by atoms with Crippen molar-refractivity contribution in [3.05, 3.63) is 11.4 Å². The van der Waals surface area contributed by atoms with Gasteiger partial charge in [-0.15, -0.1) is 0 Å². The zero-order valence-corrected chi connectivity index (χ0v) is 21.3. The van der Waals surface area contributed by atoms with E-state index in [1.165, 1.54) is 25.7 Å². The topological polar surface area (TPSA) is 67.9 Å². The van der Waals surface area contributed by atoms with Gasteiger partial charge in [0, 0.05) is 24.2 Å². The highest BCUT2D eigenvalue weighted by molar-refractivity contribution is 6.82. The number of amides is 2. The first-order chi connectivity index (χ1) is 15.1. The molecule has 4 heterocycles. The number of carbonyl (C=O) groups excluding carboxylic acids is 2. The summed E-state index contributed by atoms with van der Waals surface area (Å²) >= 11 is 0. The zero-order chi connectivity index (χ0) is 22.6. The molecule has 4 fully saturated rings. The van der Waals surface area contributed by atoms with Gasteiger partial charge in [0.1, 0.15) is 23.7 Å². The lowest BCUT2D eigenvalue weighted by Crippen LogP contribution is -2.61. The molecule has 7 nitrogen and oxygen atoms in total. The Hall–Kier alpha value is -1.38. The van der Waals surface area contributed by atoms with E-state index in [4.69, 9.17) is 0 Å². The summed E-state index contributed by atoms with van der Waals surface area (Å²) in [6.07, 6.45) is 9.58. The molecule has 2 saturated heterocycles. The van der Waals surface area contributed by atoms with Crippen molar-refractivity contribution in [2.75, 3.05) is 0 Å². The highest BCUT2D eigenvalue weighted by Gasteiger charge is 2.64. The quantitative estimate of drug-likeness (QED) is 0.466.